The van der Waals surface area contributed by atoms with Gasteiger partial charge in [0.1, 0.15) is 0 Å². The summed E-state index contributed by atoms with van der Waals surface area (Å²) in [7, 11) is -0.299. The van der Waals surface area contributed by atoms with Crippen LogP contribution in [0.2, 0.25) is 0 Å². The van der Waals surface area contributed by atoms with Gasteiger partial charge in [0.05, 0.1) is 18.5 Å². The summed E-state index contributed by atoms with van der Waals surface area (Å²) < 4.78 is 29.7. The molecule has 1 aliphatic rings. The highest BCUT2D eigenvalue weighted by Crippen LogP contribution is 2.07. The second kappa shape index (κ2) is 8.56. The van der Waals surface area contributed by atoms with Crippen molar-refractivity contribution in [2.45, 2.75) is 25.4 Å². The van der Waals surface area contributed by atoms with Crippen LogP contribution >= 0.6 is 0 Å². The standard InChI is InChI=1S/C12H25N3O4S/c1-15(2)20(17,18)10-8-14-12(16)5-9-19-11-3-6-13-7-4-11/h11,13H,3-10H2,1-2H3,(H,14,16). The fourth-order valence-electron chi connectivity index (χ4n) is 1.87. The second-order valence-corrected chi connectivity index (χ2v) is 7.32. The molecule has 7 nitrogen and oxygen atoms in total. The van der Waals surface area contributed by atoms with Gasteiger partial charge in [0, 0.05) is 27.1 Å². The van der Waals surface area contributed by atoms with Crippen LogP contribution < -0.4 is 10.6 Å². The van der Waals surface area contributed by atoms with Gasteiger partial charge in [-0.3, -0.25) is 4.79 Å². The van der Waals surface area contributed by atoms with Crippen molar-refractivity contribution in [2.24, 2.45) is 0 Å². The van der Waals surface area contributed by atoms with Crippen LogP contribution in [0.3, 0.4) is 0 Å². The molecule has 1 aliphatic heterocycles. The van der Waals surface area contributed by atoms with Crippen LogP contribution in [0.5, 0.6) is 0 Å². The predicted octanol–water partition coefficient (Wildman–Crippen LogP) is -0.847. The molecule has 0 saturated carbocycles. The van der Waals surface area contributed by atoms with Gasteiger partial charge in [0.15, 0.2) is 0 Å². The van der Waals surface area contributed by atoms with Crippen LogP contribution in [0.4, 0.5) is 0 Å². The van der Waals surface area contributed by atoms with E-state index in [0.29, 0.717) is 6.61 Å². The molecule has 0 radical (unpaired) electrons. The lowest BCUT2D eigenvalue weighted by atomic mass is 10.1. The lowest BCUT2D eigenvalue weighted by Gasteiger charge is -2.22. The van der Waals surface area contributed by atoms with Gasteiger partial charge in [-0.15, -0.1) is 0 Å². The first-order valence-corrected chi connectivity index (χ1v) is 8.52. The Bertz CT molecular complexity index is 392. The number of amides is 1. The molecule has 0 spiro atoms. The average Bonchev–Trinajstić information content (AvgIpc) is 2.39. The topological polar surface area (TPSA) is 87.7 Å². The molecule has 2 N–H and O–H groups in total. The van der Waals surface area contributed by atoms with E-state index in [1.54, 1.807) is 0 Å². The average molecular weight is 307 g/mol. The van der Waals surface area contributed by atoms with E-state index in [1.165, 1.54) is 14.1 Å². The molecule has 0 aromatic rings. The van der Waals surface area contributed by atoms with E-state index >= 15 is 0 Å². The third-order valence-electron chi connectivity index (χ3n) is 3.21. The minimum atomic E-state index is -3.25. The number of rotatable bonds is 8. The summed E-state index contributed by atoms with van der Waals surface area (Å²) in [5, 5.41) is 5.84. The van der Waals surface area contributed by atoms with Gasteiger partial charge in [-0.05, 0) is 25.9 Å². The van der Waals surface area contributed by atoms with Crippen molar-refractivity contribution in [3.8, 4) is 0 Å². The summed E-state index contributed by atoms with van der Waals surface area (Å²) in [6, 6.07) is 0. The Kier molecular flexibility index (Phi) is 7.42. The molecular weight excluding hydrogens is 282 g/mol. The molecule has 0 bridgehead atoms. The summed E-state index contributed by atoms with van der Waals surface area (Å²) in [4.78, 5) is 11.5. The number of carbonyl (C=O) groups excluding carboxylic acids is 1. The van der Waals surface area contributed by atoms with Gasteiger partial charge in [-0.2, -0.15) is 0 Å². The van der Waals surface area contributed by atoms with Crippen LogP contribution in [0, 0.1) is 0 Å². The maximum absolute atomic E-state index is 11.5. The van der Waals surface area contributed by atoms with Crippen molar-refractivity contribution in [3.63, 3.8) is 0 Å². The second-order valence-electron chi connectivity index (χ2n) is 5.02. The number of sulfonamides is 1. The van der Waals surface area contributed by atoms with Gasteiger partial charge in [0.25, 0.3) is 0 Å². The molecule has 1 fully saturated rings. The molecule has 0 atom stereocenters. The van der Waals surface area contributed by atoms with Crippen LogP contribution in [-0.2, 0) is 19.6 Å². The number of carbonyl (C=O) groups is 1. The summed E-state index contributed by atoms with van der Waals surface area (Å²) in [5.74, 6) is -0.256. The van der Waals surface area contributed by atoms with Crippen molar-refractivity contribution in [1.82, 2.24) is 14.9 Å². The Morgan fingerprint density at radius 1 is 1.35 bits per heavy atom. The highest BCUT2D eigenvalue weighted by molar-refractivity contribution is 7.89. The molecule has 1 rings (SSSR count). The van der Waals surface area contributed by atoms with E-state index in [1.807, 2.05) is 0 Å². The number of ether oxygens (including phenoxy) is 1. The largest absolute Gasteiger partial charge is 0.378 e. The van der Waals surface area contributed by atoms with Crippen molar-refractivity contribution >= 4 is 15.9 Å². The fourth-order valence-corrected chi connectivity index (χ4v) is 2.60. The highest BCUT2D eigenvalue weighted by Gasteiger charge is 2.15. The zero-order valence-corrected chi connectivity index (χ0v) is 13.0. The molecular formula is C12H25N3O4S. The molecule has 118 valence electrons. The van der Waals surface area contributed by atoms with E-state index < -0.39 is 10.0 Å². The van der Waals surface area contributed by atoms with Crippen LogP contribution in [0.15, 0.2) is 0 Å². The Hall–Kier alpha value is -0.700. The van der Waals surface area contributed by atoms with Crippen molar-refractivity contribution < 1.29 is 17.9 Å². The number of nitrogens with one attached hydrogen (secondary N) is 2. The van der Waals surface area contributed by atoms with E-state index in [-0.39, 0.29) is 30.7 Å². The monoisotopic (exact) mass is 307 g/mol. The third-order valence-corrected chi connectivity index (χ3v) is 5.04. The van der Waals surface area contributed by atoms with Crippen LogP contribution in [0.25, 0.3) is 0 Å². The van der Waals surface area contributed by atoms with Gasteiger partial charge < -0.3 is 15.4 Å². The van der Waals surface area contributed by atoms with E-state index in [4.69, 9.17) is 4.74 Å². The summed E-state index contributed by atoms with van der Waals surface area (Å²) >= 11 is 0. The lowest BCUT2D eigenvalue weighted by Crippen LogP contribution is -2.35. The molecule has 0 aromatic heterocycles. The quantitative estimate of drug-likeness (QED) is 0.610. The zero-order valence-electron chi connectivity index (χ0n) is 12.2. The predicted molar refractivity (Wildman–Crippen MR) is 76.9 cm³/mol. The SMILES string of the molecule is CN(C)S(=O)(=O)CCNC(=O)CCOC1CCNCC1. The number of nitrogens with zero attached hydrogens (tertiary/aromatic N) is 1. The van der Waals surface area contributed by atoms with Gasteiger partial charge in [0.2, 0.25) is 15.9 Å². The van der Waals surface area contributed by atoms with Gasteiger partial charge in [-0.1, -0.05) is 0 Å². The first-order chi connectivity index (χ1) is 9.42. The van der Waals surface area contributed by atoms with Crippen molar-refractivity contribution in [1.29, 1.82) is 0 Å². The fraction of sp³-hybridized carbons (Fsp3) is 0.917. The smallest absolute Gasteiger partial charge is 0.222 e. The van der Waals surface area contributed by atoms with E-state index in [0.717, 1.165) is 30.2 Å². The summed E-state index contributed by atoms with van der Waals surface area (Å²) in [6.45, 7) is 2.43. The Balaban J connectivity index is 2.08. The molecule has 0 unspecified atom stereocenters. The van der Waals surface area contributed by atoms with Crippen LogP contribution in [-0.4, -0.2) is 70.8 Å². The Morgan fingerprint density at radius 2 is 2.00 bits per heavy atom. The number of piperidine rings is 1. The summed E-state index contributed by atoms with van der Waals surface area (Å²) in [5.41, 5.74) is 0. The van der Waals surface area contributed by atoms with Gasteiger partial charge in [-0.25, -0.2) is 12.7 Å². The Labute approximate surface area is 121 Å². The maximum atomic E-state index is 11.5. The lowest BCUT2D eigenvalue weighted by molar-refractivity contribution is -0.122. The first kappa shape index (κ1) is 17.4. The van der Waals surface area contributed by atoms with E-state index in [9.17, 15) is 13.2 Å². The molecule has 1 heterocycles. The summed E-state index contributed by atoms with van der Waals surface area (Å²) in [6.07, 6.45) is 2.45. The molecule has 1 saturated heterocycles. The minimum Gasteiger partial charge on any atom is -0.378 e. The third kappa shape index (κ3) is 6.65. The number of hydrogen-bond donors (Lipinski definition) is 2. The first-order valence-electron chi connectivity index (χ1n) is 6.91. The normalized spacial score (nSPS) is 17.4. The minimum absolute atomic E-state index is 0.0824. The highest BCUT2D eigenvalue weighted by atomic mass is 32.2. The van der Waals surface area contributed by atoms with Crippen molar-refractivity contribution in [2.75, 3.05) is 46.1 Å². The Morgan fingerprint density at radius 3 is 2.60 bits per heavy atom. The molecule has 0 aromatic carbocycles. The van der Waals surface area contributed by atoms with E-state index in [2.05, 4.69) is 10.6 Å². The van der Waals surface area contributed by atoms with Gasteiger partial charge >= 0.3 is 0 Å². The molecule has 8 heteroatoms. The van der Waals surface area contributed by atoms with Crippen molar-refractivity contribution in [3.05, 3.63) is 0 Å². The molecule has 1 amide bonds. The maximum Gasteiger partial charge on any atom is 0.222 e. The number of hydrogen-bond acceptors (Lipinski definition) is 5. The molecule has 0 aliphatic carbocycles. The van der Waals surface area contributed by atoms with Crippen LogP contribution in [0.1, 0.15) is 19.3 Å². The molecule has 20 heavy (non-hydrogen) atoms. The zero-order chi connectivity index (χ0) is 15.0.